The summed E-state index contributed by atoms with van der Waals surface area (Å²) < 4.78 is 0. The van der Waals surface area contributed by atoms with Gasteiger partial charge in [-0.05, 0) is 38.5 Å². The number of carbonyl (C=O) groups is 2. The first-order chi connectivity index (χ1) is 6.18. The molecule has 74 valence electrons. The van der Waals surface area contributed by atoms with Crippen molar-refractivity contribution < 1.29 is 9.59 Å². The second-order valence-electron chi connectivity index (χ2n) is 4.08. The maximum atomic E-state index is 10.9. The van der Waals surface area contributed by atoms with Crippen LogP contribution < -0.4 is 0 Å². The van der Waals surface area contributed by atoms with Crippen LogP contribution >= 0.6 is 0 Å². The molecule has 0 N–H and O–H groups in total. The lowest BCUT2D eigenvalue weighted by molar-refractivity contribution is -0.121. The standard InChI is InChI=1S/C11H18O2/c1-9(12)3-2-4-10-5-7-11(13)8-6-10/h10H,2-8H2,1H3. The van der Waals surface area contributed by atoms with Crippen LogP contribution in [0.4, 0.5) is 0 Å². The number of hydrogen-bond donors (Lipinski definition) is 0. The summed E-state index contributed by atoms with van der Waals surface area (Å²) in [5.41, 5.74) is 0. The van der Waals surface area contributed by atoms with E-state index in [0.717, 1.165) is 38.5 Å². The number of hydrogen-bond acceptors (Lipinski definition) is 2. The van der Waals surface area contributed by atoms with E-state index in [0.29, 0.717) is 18.1 Å². The fourth-order valence-corrected chi connectivity index (χ4v) is 1.93. The summed E-state index contributed by atoms with van der Waals surface area (Å²) in [6, 6.07) is 0. The van der Waals surface area contributed by atoms with Crippen LogP contribution in [0.5, 0.6) is 0 Å². The molecular weight excluding hydrogens is 164 g/mol. The molecule has 1 saturated carbocycles. The van der Waals surface area contributed by atoms with Gasteiger partial charge in [-0.25, -0.2) is 0 Å². The Morgan fingerprint density at radius 2 is 2.00 bits per heavy atom. The summed E-state index contributed by atoms with van der Waals surface area (Å²) >= 11 is 0. The van der Waals surface area contributed by atoms with Gasteiger partial charge in [-0.1, -0.05) is 0 Å². The third-order valence-electron chi connectivity index (χ3n) is 2.80. The zero-order chi connectivity index (χ0) is 9.68. The molecule has 0 aromatic rings. The van der Waals surface area contributed by atoms with Crippen LogP contribution in [0.3, 0.4) is 0 Å². The predicted octanol–water partition coefficient (Wildman–Crippen LogP) is 2.51. The Hall–Kier alpha value is -0.660. The molecule has 13 heavy (non-hydrogen) atoms. The summed E-state index contributed by atoms with van der Waals surface area (Å²) in [7, 11) is 0. The van der Waals surface area contributed by atoms with Gasteiger partial charge in [-0.2, -0.15) is 0 Å². The van der Waals surface area contributed by atoms with Crippen molar-refractivity contribution in [3.8, 4) is 0 Å². The molecule has 2 heteroatoms. The minimum absolute atomic E-state index is 0.284. The molecule has 0 spiro atoms. The van der Waals surface area contributed by atoms with Crippen molar-refractivity contribution in [1.82, 2.24) is 0 Å². The molecule has 1 aliphatic rings. The van der Waals surface area contributed by atoms with E-state index < -0.39 is 0 Å². The van der Waals surface area contributed by atoms with Crippen molar-refractivity contribution in [2.45, 2.75) is 51.9 Å². The van der Waals surface area contributed by atoms with Crippen molar-refractivity contribution >= 4 is 11.6 Å². The van der Waals surface area contributed by atoms with Crippen LogP contribution in [0.15, 0.2) is 0 Å². The summed E-state index contributed by atoms with van der Waals surface area (Å²) in [5.74, 6) is 1.41. The van der Waals surface area contributed by atoms with E-state index in [-0.39, 0.29) is 5.78 Å². The van der Waals surface area contributed by atoms with Gasteiger partial charge in [0.15, 0.2) is 0 Å². The van der Waals surface area contributed by atoms with E-state index in [4.69, 9.17) is 0 Å². The first kappa shape index (κ1) is 10.4. The Bertz CT molecular complexity index is 186. The monoisotopic (exact) mass is 182 g/mol. The van der Waals surface area contributed by atoms with Gasteiger partial charge in [0.1, 0.15) is 11.6 Å². The van der Waals surface area contributed by atoms with Crippen LogP contribution in [0.1, 0.15) is 51.9 Å². The SMILES string of the molecule is CC(=O)CCCC1CCC(=O)CC1. The van der Waals surface area contributed by atoms with Crippen molar-refractivity contribution in [2.24, 2.45) is 5.92 Å². The Kier molecular flexibility index (Phi) is 4.13. The van der Waals surface area contributed by atoms with Crippen LogP contribution in [0, 0.1) is 5.92 Å². The second-order valence-corrected chi connectivity index (χ2v) is 4.08. The van der Waals surface area contributed by atoms with E-state index in [1.54, 1.807) is 6.92 Å². The van der Waals surface area contributed by atoms with Crippen LogP contribution in [0.25, 0.3) is 0 Å². The minimum atomic E-state index is 0.284. The van der Waals surface area contributed by atoms with Gasteiger partial charge in [-0.15, -0.1) is 0 Å². The molecule has 0 saturated heterocycles. The van der Waals surface area contributed by atoms with E-state index in [1.807, 2.05) is 0 Å². The molecular formula is C11H18O2. The van der Waals surface area contributed by atoms with Gasteiger partial charge < -0.3 is 4.79 Å². The van der Waals surface area contributed by atoms with Crippen LogP contribution in [-0.4, -0.2) is 11.6 Å². The Balaban J connectivity index is 2.09. The zero-order valence-electron chi connectivity index (χ0n) is 8.34. The maximum Gasteiger partial charge on any atom is 0.132 e. The molecule has 1 fully saturated rings. The molecule has 0 bridgehead atoms. The molecule has 0 amide bonds. The predicted molar refractivity (Wildman–Crippen MR) is 51.5 cm³/mol. The summed E-state index contributed by atoms with van der Waals surface area (Å²) in [6.45, 7) is 1.64. The molecule has 0 atom stereocenters. The van der Waals surface area contributed by atoms with Crippen molar-refractivity contribution in [3.63, 3.8) is 0 Å². The van der Waals surface area contributed by atoms with E-state index in [1.165, 1.54) is 0 Å². The van der Waals surface area contributed by atoms with Gasteiger partial charge in [0.2, 0.25) is 0 Å². The van der Waals surface area contributed by atoms with Gasteiger partial charge in [-0.3, -0.25) is 4.79 Å². The summed E-state index contributed by atoms with van der Waals surface area (Å²) in [5, 5.41) is 0. The van der Waals surface area contributed by atoms with E-state index >= 15 is 0 Å². The van der Waals surface area contributed by atoms with E-state index in [2.05, 4.69) is 0 Å². The number of rotatable bonds is 4. The normalized spacial score (nSPS) is 19.0. The molecule has 0 heterocycles. The fraction of sp³-hybridized carbons (Fsp3) is 0.818. The van der Waals surface area contributed by atoms with Gasteiger partial charge in [0, 0.05) is 19.3 Å². The lowest BCUT2D eigenvalue weighted by atomic mass is 9.85. The average Bonchev–Trinajstić information content (AvgIpc) is 2.08. The Morgan fingerprint density at radius 1 is 1.38 bits per heavy atom. The van der Waals surface area contributed by atoms with Crippen LogP contribution in [0.2, 0.25) is 0 Å². The molecule has 0 unspecified atom stereocenters. The molecule has 0 aromatic carbocycles. The molecule has 1 rings (SSSR count). The third kappa shape index (κ3) is 4.20. The molecule has 1 aliphatic carbocycles. The summed E-state index contributed by atoms with van der Waals surface area (Å²) in [4.78, 5) is 21.6. The fourth-order valence-electron chi connectivity index (χ4n) is 1.93. The number of Topliss-reactive ketones (excluding diaryl/α,β-unsaturated/α-hetero) is 2. The number of carbonyl (C=O) groups excluding carboxylic acids is 2. The largest absolute Gasteiger partial charge is 0.300 e. The highest BCUT2D eigenvalue weighted by molar-refractivity contribution is 5.79. The minimum Gasteiger partial charge on any atom is -0.300 e. The first-order valence-corrected chi connectivity index (χ1v) is 5.19. The lowest BCUT2D eigenvalue weighted by Gasteiger charge is -2.20. The quantitative estimate of drug-likeness (QED) is 0.669. The highest BCUT2D eigenvalue weighted by Crippen LogP contribution is 2.25. The molecule has 0 radical (unpaired) electrons. The van der Waals surface area contributed by atoms with Crippen molar-refractivity contribution in [3.05, 3.63) is 0 Å². The van der Waals surface area contributed by atoms with Crippen molar-refractivity contribution in [2.75, 3.05) is 0 Å². The van der Waals surface area contributed by atoms with Crippen molar-refractivity contribution in [1.29, 1.82) is 0 Å². The maximum absolute atomic E-state index is 10.9. The van der Waals surface area contributed by atoms with Crippen LogP contribution in [-0.2, 0) is 9.59 Å². The van der Waals surface area contributed by atoms with Gasteiger partial charge >= 0.3 is 0 Å². The Labute approximate surface area is 79.7 Å². The third-order valence-corrected chi connectivity index (χ3v) is 2.80. The molecule has 0 aliphatic heterocycles. The average molecular weight is 182 g/mol. The highest BCUT2D eigenvalue weighted by atomic mass is 16.1. The first-order valence-electron chi connectivity index (χ1n) is 5.19. The van der Waals surface area contributed by atoms with Gasteiger partial charge in [0.25, 0.3) is 0 Å². The van der Waals surface area contributed by atoms with E-state index in [9.17, 15) is 9.59 Å². The molecule has 0 aromatic heterocycles. The summed E-state index contributed by atoms with van der Waals surface area (Å²) in [6.07, 6.45) is 6.49. The lowest BCUT2D eigenvalue weighted by Crippen LogP contribution is -2.13. The molecule has 2 nitrogen and oxygen atoms in total. The zero-order valence-corrected chi connectivity index (χ0v) is 8.34. The van der Waals surface area contributed by atoms with Gasteiger partial charge in [0.05, 0.1) is 0 Å². The smallest absolute Gasteiger partial charge is 0.132 e. The second kappa shape index (κ2) is 5.15. The Morgan fingerprint density at radius 3 is 2.54 bits per heavy atom. The topological polar surface area (TPSA) is 34.1 Å². The number of ketones is 2. The highest BCUT2D eigenvalue weighted by Gasteiger charge is 2.17.